The lowest BCUT2D eigenvalue weighted by Gasteiger charge is -1.86. The van der Waals surface area contributed by atoms with Crippen molar-refractivity contribution >= 4 is 22.1 Å². The first kappa shape index (κ1) is 12.3. The van der Waals surface area contributed by atoms with Gasteiger partial charge in [-0.05, 0) is 36.4 Å². The van der Waals surface area contributed by atoms with Crippen molar-refractivity contribution in [1.29, 1.82) is 0 Å². The van der Waals surface area contributed by atoms with Crippen LogP contribution in [0.2, 0.25) is 0 Å². The molecule has 2 aromatic heterocycles. The Hall–Kier alpha value is -2.76. The molecular formula is C14H10F2N4. The molecule has 0 atom stereocenters. The van der Waals surface area contributed by atoms with Crippen molar-refractivity contribution in [3.05, 3.63) is 60.7 Å². The lowest BCUT2D eigenvalue weighted by Crippen LogP contribution is -1.72. The van der Waals surface area contributed by atoms with Crippen LogP contribution in [0.25, 0.3) is 22.1 Å². The van der Waals surface area contributed by atoms with Crippen molar-refractivity contribution in [2.24, 2.45) is 0 Å². The summed E-state index contributed by atoms with van der Waals surface area (Å²) in [6.07, 6.45) is 3.09. The third-order valence-corrected chi connectivity index (χ3v) is 2.76. The summed E-state index contributed by atoms with van der Waals surface area (Å²) >= 11 is 0. The number of fused-ring (bicyclic) bond motifs is 2. The molecule has 100 valence electrons. The van der Waals surface area contributed by atoms with Crippen LogP contribution in [0, 0.1) is 11.6 Å². The van der Waals surface area contributed by atoms with Crippen molar-refractivity contribution in [3.8, 4) is 0 Å². The molecule has 2 N–H and O–H groups in total. The molecule has 20 heavy (non-hydrogen) atoms. The van der Waals surface area contributed by atoms with E-state index in [1.54, 1.807) is 24.8 Å². The monoisotopic (exact) mass is 272 g/mol. The Labute approximate surface area is 112 Å². The van der Waals surface area contributed by atoms with Gasteiger partial charge in [-0.25, -0.2) is 18.7 Å². The Kier molecular flexibility index (Phi) is 3.12. The predicted octanol–water partition coefficient (Wildman–Crippen LogP) is 3.40. The second kappa shape index (κ2) is 5.08. The Morgan fingerprint density at radius 1 is 0.700 bits per heavy atom. The van der Waals surface area contributed by atoms with E-state index in [4.69, 9.17) is 0 Å². The molecule has 0 aliphatic heterocycles. The summed E-state index contributed by atoms with van der Waals surface area (Å²) in [5, 5.41) is 0. The van der Waals surface area contributed by atoms with Crippen LogP contribution in [0.3, 0.4) is 0 Å². The van der Waals surface area contributed by atoms with Crippen LogP contribution in [0.15, 0.2) is 49.1 Å². The Balaban J connectivity index is 0.000000121. The first-order valence-electron chi connectivity index (χ1n) is 5.89. The molecule has 0 spiro atoms. The van der Waals surface area contributed by atoms with Crippen LogP contribution in [-0.2, 0) is 0 Å². The number of imidazole rings is 2. The van der Waals surface area contributed by atoms with Crippen LogP contribution in [0.5, 0.6) is 0 Å². The minimum absolute atomic E-state index is 0.239. The molecule has 0 saturated heterocycles. The normalized spacial score (nSPS) is 10.5. The number of hydrogen-bond donors (Lipinski definition) is 2. The zero-order valence-electron chi connectivity index (χ0n) is 10.3. The summed E-state index contributed by atoms with van der Waals surface area (Å²) < 4.78 is 24.9. The topological polar surface area (TPSA) is 57.4 Å². The highest BCUT2D eigenvalue weighted by Gasteiger charge is 1.95. The van der Waals surface area contributed by atoms with Gasteiger partial charge in [0.05, 0.1) is 34.7 Å². The quantitative estimate of drug-likeness (QED) is 0.515. The molecule has 0 aliphatic rings. The van der Waals surface area contributed by atoms with Crippen LogP contribution in [0.4, 0.5) is 8.78 Å². The first-order chi connectivity index (χ1) is 9.72. The largest absolute Gasteiger partial charge is 0.345 e. The molecule has 6 heteroatoms. The highest BCUT2D eigenvalue weighted by atomic mass is 19.1. The van der Waals surface area contributed by atoms with E-state index in [0.29, 0.717) is 0 Å². The van der Waals surface area contributed by atoms with E-state index >= 15 is 0 Å². The Bertz CT molecular complexity index is 778. The van der Waals surface area contributed by atoms with Gasteiger partial charge in [-0.2, -0.15) is 0 Å². The minimum atomic E-state index is -0.239. The number of halogens is 2. The molecule has 0 saturated carbocycles. The molecule has 2 aromatic carbocycles. The maximum atomic E-state index is 12.5. The van der Waals surface area contributed by atoms with Gasteiger partial charge in [0, 0.05) is 0 Å². The summed E-state index contributed by atoms with van der Waals surface area (Å²) in [7, 11) is 0. The van der Waals surface area contributed by atoms with E-state index in [9.17, 15) is 8.78 Å². The van der Waals surface area contributed by atoms with Gasteiger partial charge in [0.25, 0.3) is 0 Å². The van der Waals surface area contributed by atoms with Gasteiger partial charge in [-0.1, -0.05) is 0 Å². The fourth-order valence-corrected chi connectivity index (χ4v) is 1.82. The minimum Gasteiger partial charge on any atom is -0.345 e. The molecule has 4 rings (SSSR count). The maximum Gasteiger partial charge on any atom is 0.125 e. The number of benzene rings is 2. The van der Waals surface area contributed by atoms with Crippen molar-refractivity contribution in [3.63, 3.8) is 0 Å². The first-order valence-corrected chi connectivity index (χ1v) is 5.89. The van der Waals surface area contributed by atoms with E-state index in [1.165, 1.54) is 24.3 Å². The number of nitrogens with zero attached hydrogens (tertiary/aromatic N) is 2. The molecule has 0 bridgehead atoms. The zero-order chi connectivity index (χ0) is 13.9. The van der Waals surface area contributed by atoms with Gasteiger partial charge in [-0.3, -0.25) is 0 Å². The number of aromatic nitrogens is 4. The van der Waals surface area contributed by atoms with Crippen LogP contribution < -0.4 is 0 Å². The highest BCUT2D eigenvalue weighted by Crippen LogP contribution is 2.10. The molecule has 0 aliphatic carbocycles. The molecule has 0 radical (unpaired) electrons. The number of rotatable bonds is 0. The molecule has 4 nitrogen and oxygen atoms in total. The van der Waals surface area contributed by atoms with Crippen molar-refractivity contribution in [2.45, 2.75) is 0 Å². The third kappa shape index (κ3) is 2.49. The van der Waals surface area contributed by atoms with Crippen molar-refractivity contribution in [1.82, 2.24) is 19.9 Å². The summed E-state index contributed by atoms with van der Waals surface area (Å²) in [4.78, 5) is 13.5. The smallest absolute Gasteiger partial charge is 0.125 e. The summed E-state index contributed by atoms with van der Waals surface area (Å²) in [6.45, 7) is 0. The molecule has 0 amide bonds. The van der Waals surface area contributed by atoms with E-state index in [-0.39, 0.29) is 11.6 Å². The summed E-state index contributed by atoms with van der Waals surface area (Å²) in [5.41, 5.74) is 3.06. The fourth-order valence-electron chi connectivity index (χ4n) is 1.82. The molecule has 2 heterocycles. The van der Waals surface area contributed by atoms with Gasteiger partial charge in [0.15, 0.2) is 0 Å². The molecular weight excluding hydrogens is 262 g/mol. The van der Waals surface area contributed by atoms with Crippen molar-refractivity contribution in [2.75, 3.05) is 0 Å². The van der Waals surface area contributed by atoms with E-state index in [0.717, 1.165) is 22.1 Å². The lowest BCUT2D eigenvalue weighted by atomic mass is 10.3. The zero-order valence-corrected chi connectivity index (χ0v) is 10.3. The number of H-pyrrole nitrogens is 2. The van der Waals surface area contributed by atoms with Gasteiger partial charge in [-0.15, -0.1) is 0 Å². The standard InChI is InChI=1S/2C7H5FN2/c2*8-5-1-2-6-7(3-5)10-4-9-6/h2*1-4H,(H,9,10). The van der Waals surface area contributed by atoms with Crippen molar-refractivity contribution < 1.29 is 8.78 Å². The fraction of sp³-hybridized carbons (Fsp3) is 0. The number of hydrogen-bond acceptors (Lipinski definition) is 2. The summed E-state index contributed by atoms with van der Waals surface area (Å²) in [6, 6.07) is 8.90. The molecule has 0 fully saturated rings. The van der Waals surface area contributed by atoms with Gasteiger partial charge >= 0.3 is 0 Å². The van der Waals surface area contributed by atoms with Gasteiger partial charge in [0.2, 0.25) is 0 Å². The average molecular weight is 272 g/mol. The molecule has 0 unspecified atom stereocenters. The Morgan fingerprint density at radius 2 is 1.15 bits per heavy atom. The second-order valence-corrected chi connectivity index (χ2v) is 4.13. The number of nitrogens with one attached hydrogen (secondary N) is 2. The average Bonchev–Trinajstić information content (AvgIpc) is 3.06. The highest BCUT2D eigenvalue weighted by molar-refractivity contribution is 5.74. The Morgan fingerprint density at radius 3 is 1.60 bits per heavy atom. The van der Waals surface area contributed by atoms with Gasteiger partial charge < -0.3 is 9.97 Å². The third-order valence-electron chi connectivity index (χ3n) is 2.76. The number of aromatic amines is 2. The maximum absolute atomic E-state index is 12.5. The lowest BCUT2D eigenvalue weighted by molar-refractivity contribution is 0.629. The van der Waals surface area contributed by atoms with E-state index < -0.39 is 0 Å². The van der Waals surface area contributed by atoms with Crippen LogP contribution >= 0.6 is 0 Å². The van der Waals surface area contributed by atoms with Crippen LogP contribution in [-0.4, -0.2) is 19.9 Å². The SMILES string of the molecule is Fc1ccc2nc[nH]c2c1.Fc1ccc2nc[nH]c2c1. The van der Waals surface area contributed by atoms with E-state index in [2.05, 4.69) is 19.9 Å². The molecule has 4 aromatic rings. The summed E-state index contributed by atoms with van der Waals surface area (Å²) in [5.74, 6) is -0.478. The van der Waals surface area contributed by atoms with Crippen LogP contribution in [0.1, 0.15) is 0 Å². The van der Waals surface area contributed by atoms with Gasteiger partial charge in [0.1, 0.15) is 11.6 Å². The second-order valence-electron chi connectivity index (χ2n) is 4.13. The predicted molar refractivity (Wildman–Crippen MR) is 72.1 cm³/mol. The van der Waals surface area contributed by atoms with E-state index in [1.807, 2.05) is 0 Å².